The van der Waals surface area contributed by atoms with E-state index >= 15 is 0 Å². The number of aliphatic hydroxyl groups is 1. The third-order valence-corrected chi connectivity index (χ3v) is 3.27. The van der Waals surface area contributed by atoms with Crippen LogP contribution >= 0.6 is 0 Å². The summed E-state index contributed by atoms with van der Waals surface area (Å²) in [7, 11) is 0. The van der Waals surface area contributed by atoms with Crippen molar-refractivity contribution in [3.05, 3.63) is 22.9 Å². The Morgan fingerprint density at radius 3 is 3.06 bits per heavy atom. The number of ketones is 1. The highest BCUT2D eigenvalue weighted by molar-refractivity contribution is 6.07. The smallest absolute Gasteiger partial charge is 0.166 e. The Balaban J connectivity index is 1.99. The van der Waals surface area contributed by atoms with Gasteiger partial charge in [0.25, 0.3) is 0 Å². The molecule has 0 bridgehead atoms. The molecule has 1 aliphatic carbocycles. The number of aliphatic imine (C=N–C) groups is 1. The molecular formula is C13H18N2O2. The van der Waals surface area contributed by atoms with Gasteiger partial charge in [0.05, 0.1) is 12.3 Å². The minimum absolute atomic E-state index is 0.115. The van der Waals surface area contributed by atoms with Crippen molar-refractivity contribution in [3.8, 4) is 0 Å². The van der Waals surface area contributed by atoms with Gasteiger partial charge in [-0.05, 0) is 18.4 Å². The van der Waals surface area contributed by atoms with Gasteiger partial charge in [0.1, 0.15) is 0 Å². The molecule has 0 aromatic carbocycles. The fourth-order valence-electron chi connectivity index (χ4n) is 2.11. The standard InChI is InChI=1S/C13H18N2O2/c1-2-10(8-16)15-7-9-3-4-11-12(17)5-6-14-13(9)11/h3,6,10,15-16H,2,4-5,7-8H2,1H3/t10-/m0/s1. The van der Waals surface area contributed by atoms with Gasteiger partial charge in [-0.3, -0.25) is 9.79 Å². The maximum atomic E-state index is 11.6. The van der Waals surface area contributed by atoms with Crippen LogP contribution in [0.3, 0.4) is 0 Å². The number of hydrogen-bond acceptors (Lipinski definition) is 4. The van der Waals surface area contributed by atoms with E-state index in [0.717, 1.165) is 23.3 Å². The highest BCUT2D eigenvalue weighted by Gasteiger charge is 2.24. The van der Waals surface area contributed by atoms with Crippen LogP contribution in [0.4, 0.5) is 0 Å². The van der Waals surface area contributed by atoms with E-state index in [1.165, 1.54) is 0 Å². The SMILES string of the molecule is CC[C@@H](CO)NCC1=CCC2=C1N=CCC2=O. The summed E-state index contributed by atoms with van der Waals surface area (Å²) in [5, 5.41) is 12.4. The van der Waals surface area contributed by atoms with E-state index in [0.29, 0.717) is 19.4 Å². The summed E-state index contributed by atoms with van der Waals surface area (Å²) in [4.78, 5) is 15.9. The molecule has 4 nitrogen and oxygen atoms in total. The summed E-state index contributed by atoms with van der Waals surface area (Å²) in [6, 6.07) is 0.115. The number of carbonyl (C=O) groups is 1. The van der Waals surface area contributed by atoms with E-state index in [2.05, 4.69) is 16.4 Å². The normalized spacial score (nSPS) is 20.6. The number of hydrogen-bond donors (Lipinski definition) is 2. The molecular weight excluding hydrogens is 216 g/mol. The molecule has 1 heterocycles. The minimum Gasteiger partial charge on any atom is -0.395 e. The van der Waals surface area contributed by atoms with Crippen LogP contribution in [-0.2, 0) is 4.79 Å². The minimum atomic E-state index is 0.115. The van der Waals surface area contributed by atoms with Crippen LogP contribution in [-0.4, -0.2) is 36.3 Å². The largest absolute Gasteiger partial charge is 0.395 e. The second kappa shape index (κ2) is 5.38. The molecule has 0 amide bonds. The maximum absolute atomic E-state index is 11.6. The molecule has 0 radical (unpaired) electrons. The van der Waals surface area contributed by atoms with Crippen LogP contribution in [0.25, 0.3) is 0 Å². The van der Waals surface area contributed by atoms with Crippen molar-refractivity contribution in [2.75, 3.05) is 13.2 Å². The number of Topliss-reactive ketones (excluding diaryl/α,β-unsaturated/α-hetero) is 1. The van der Waals surface area contributed by atoms with Gasteiger partial charge in [0.2, 0.25) is 0 Å². The van der Waals surface area contributed by atoms with Gasteiger partial charge in [-0.15, -0.1) is 0 Å². The van der Waals surface area contributed by atoms with Crippen LogP contribution in [0.1, 0.15) is 26.2 Å². The van der Waals surface area contributed by atoms with Gasteiger partial charge in [-0.2, -0.15) is 0 Å². The van der Waals surface area contributed by atoms with Crippen LogP contribution in [0.5, 0.6) is 0 Å². The molecule has 2 N–H and O–H groups in total. The first-order valence-corrected chi connectivity index (χ1v) is 6.08. The summed E-state index contributed by atoms with van der Waals surface area (Å²) in [5.74, 6) is 0.190. The maximum Gasteiger partial charge on any atom is 0.166 e. The third-order valence-electron chi connectivity index (χ3n) is 3.27. The molecule has 0 unspecified atom stereocenters. The third kappa shape index (κ3) is 2.53. The number of allylic oxidation sites excluding steroid dienone is 2. The lowest BCUT2D eigenvalue weighted by molar-refractivity contribution is -0.114. The first-order valence-electron chi connectivity index (χ1n) is 6.08. The Kier molecular flexibility index (Phi) is 3.86. The molecule has 92 valence electrons. The highest BCUT2D eigenvalue weighted by Crippen LogP contribution is 2.30. The molecule has 1 atom stereocenters. The van der Waals surface area contributed by atoms with Gasteiger partial charge in [-0.1, -0.05) is 13.0 Å². The van der Waals surface area contributed by atoms with Crippen molar-refractivity contribution >= 4 is 12.0 Å². The molecule has 0 aromatic heterocycles. The Hall–Kier alpha value is -1.26. The molecule has 0 aromatic rings. The Bertz CT molecular complexity index is 404. The lowest BCUT2D eigenvalue weighted by atomic mass is 10.0. The van der Waals surface area contributed by atoms with Crippen LogP contribution < -0.4 is 5.32 Å². The zero-order valence-electron chi connectivity index (χ0n) is 10.1. The first-order chi connectivity index (χ1) is 8.26. The van der Waals surface area contributed by atoms with E-state index in [4.69, 9.17) is 5.11 Å². The summed E-state index contributed by atoms with van der Waals surface area (Å²) in [6.07, 6.45) is 5.77. The van der Waals surface area contributed by atoms with Crippen molar-refractivity contribution in [2.45, 2.75) is 32.2 Å². The van der Waals surface area contributed by atoms with Gasteiger partial charge < -0.3 is 10.4 Å². The monoisotopic (exact) mass is 234 g/mol. The van der Waals surface area contributed by atoms with E-state index in [-0.39, 0.29) is 18.4 Å². The van der Waals surface area contributed by atoms with Crippen LogP contribution in [0, 0.1) is 0 Å². The topological polar surface area (TPSA) is 61.7 Å². The molecule has 2 rings (SSSR count). The fourth-order valence-corrected chi connectivity index (χ4v) is 2.11. The van der Waals surface area contributed by atoms with E-state index < -0.39 is 0 Å². The Labute approximate surface area is 101 Å². The van der Waals surface area contributed by atoms with Crippen molar-refractivity contribution in [1.82, 2.24) is 5.32 Å². The van der Waals surface area contributed by atoms with Gasteiger partial charge in [0, 0.05) is 30.8 Å². The predicted molar refractivity (Wildman–Crippen MR) is 67.0 cm³/mol. The Morgan fingerprint density at radius 1 is 1.53 bits per heavy atom. The van der Waals surface area contributed by atoms with E-state index in [9.17, 15) is 4.79 Å². The molecule has 0 spiro atoms. The number of nitrogens with one attached hydrogen (secondary N) is 1. The number of rotatable bonds is 5. The summed E-state index contributed by atoms with van der Waals surface area (Å²) in [6.45, 7) is 2.84. The average Bonchev–Trinajstić information content (AvgIpc) is 2.75. The zero-order chi connectivity index (χ0) is 12.3. The lowest BCUT2D eigenvalue weighted by Gasteiger charge is -2.16. The van der Waals surface area contributed by atoms with Crippen LogP contribution in [0.2, 0.25) is 0 Å². The van der Waals surface area contributed by atoms with Crippen LogP contribution in [0.15, 0.2) is 27.9 Å². The lowest BCUT2D eigenvalue weighted by Crippen LogP contribution is -2.33. The zero-order valence-corrected chi connectivity index (χ0v) is 10.1. The number of carbonyl (C=O) groups excluding carboxylic acids is 1. The number of nitrogens with zero attached hydrogens (tertiary/aromatic N) is 1. The molecule has 0 fully saturated rings. The van der Waals surface area contributed by atoms with E-state index in [1.807, 2.05) is 6.92 Å². The van der Waals surface area contributed by atoms with E-state index in [1.54, 1.807) is 6.21 Å². The summed E-state index contributed by atoms with van der Waals surface area (Å²) >= 11 is 0. The quantitative estimate of drug-likeness (QED) is 0.745. The molecule has 1 aliphatic heterocycles. The first kappa shape index (κ1) is 12.2. The van der Waals surface area contributed by atoms with Crippen molar-refractivity contribution in [3.63, 3.8) is 0 Å². The molecule has 0 saturated carbocycles. The Morgan fingerprint density at radius 2 is 2.35 bits per heavy atom. The fraction of sp³-hybridized carbons (Fsp3) is 0.538. The predicted octanol–water partition coefficient (Wildman–Crippen LogP) is 0.975. The molecule has 17 heavy (non-hydrogen) atoms. The van der Waals surface area contributed by atoms with Gasteiger partial charge >= 0.3 is 0 Å². The molecule has 4 heteroatoms. The number of aliphatic hydroxyl groups excluding tert-OH is 1. The van der Waals surface area contributed by atoms with Crippen molar-refractivity contribution < 1.29 is 9.90 Å². The molecule has 0 saturated heterocycles. The van der Waals surface area contributed by atoms with Gasteiger partial charge in [-0.25, -0.2) is 0 Å². The van der Waals surface area contributed by atoms with Gasteiger partial charge in [0.15, 0.2) is 5.78 Å². The second-order valence-electron chi connectivity index (χ2n) is 4.37. The molecule has 2 aliphatic rings. The van der Waals surface area contributed by atoms with Crippen molar-refractivity contribution in [1.29, 1.82) is 0 Å². The van der Waals surface area contributed by atoms with Crippen molar-refractivity contribution in [2.24, 2.45) is 4.99 Å². The average molecular weight is 234 g/mol. The second-order valence-corrected chi connectivity index (χ2v) is 4.37. The highest BCUT2D eigenvalue weighted by atomic mass is 16.3. The summed E-state index contributed by atoms with van der Waals surface area (Å²) < 4.78 is 0. The summed E-state index contributed by atoms with van der Waals surface area (Å²) in [5.41, 5.74) is 2.78.